The van der Waals surface area contributed by atoms with Gasteiger partial charge in [0.15, 0.2) is 0 Å². The van der Waals surface area contributed by atoms with E-state index in [9.17, 15) is 14.0 Å². The molecule has 110 valence electrons. The lowest BCUT2D eigenvalue weighted by Crippen LogP contribution is -2.15. The van der Waals surface area contributed by atoms with Gasteiger partial charge in [-0.05, 0) is 24.6 Å². The van der Waals surface area contributed by atoms with E-state index in [1.165, 1.54) is 12.1 Å². The van der Waals surface area contributed by atoms with E-state index in [0.29, 0.717) is 12.2 Å². The molecule has 2 aromatic rings. The van der Waals surface area contributed by atoms with Gasteiger partial charge in [0.2, 0.25) is 5.82 Å². The highest BCUT2D eigenvalue weighted by molar-refractivity contribution is 6.01. The van der Waals surface area contributed by atoms with Crippen molar-refractivity contribution in [2.45, 2.75) is 19.8 Å². The highest BCUT2D eigenvalue weighted by Crippen LogP contribution is 2.16. The molecule has 8 heteroatoms. The Morgan fingerprint density at radius 1 is 1.43 bits per heavy atom. The molecule has 1 heterocycles. The van der Waals surface area contributed by atoms with Crippen molar-refractivity contribution in [3.8, 4) is 0 Å². The second-order valence-corrected chi connectivity index (χ2v) is 4.31. The first-order valence-electron chi connectivity index (χ1n) is 6.26. The molecule has 0 fully saturated rings. The molecule has 0 unspecified atom stereocenters. The number of carboxylic acid groups (broad SMARTS) is 1. The van der Waals surface area contributed by atoms with Crippen molar-refractivity contribution in [3.63, 3.8) is 0 Å². The molecule has 1 amide bonds. The molecular weight excluding hydrogens is 279 g/mol. The maximum absolute atomic E-state index is 13.7. The highest BCUT2D eigenvalue weighted by atomic mass is 19.1. The lowest BCUT2D eigenvalue weighted by molar-refractivity contribution is 0.0696. The van der Waals surface area contributed by atoms with Crippen molar-refractivity contribution in [3.05, 3.63) is 41.2 Å². The van der Waals surface area contributed by atoms with E-state index in [4.69, 9.17) is 5.11 Å². The fourth-order valence-electron chi connectivity index (χ4n) is 1.67. The Hall–Kier alpha value is -2.77. The van der Waals surface area contributed by atoms with E-state index in [1.807, 2.05) is 6.92 Å². The summed E-state index contributed by atoms with van der Waals surface area (Å²) < 4.78 is 13.7. The van der Waals surface area contributed by atoms with Crippen LogP contribution in [0.1, 0.15) is 40.1 Å². The summed E-state index contributed by atoms with van der Waals surface area (Å²) in [5.74, 6) is -2.28. The number of H-pyrrole nitrogens is 1. The molecule has 0 spiro atoms. The van der Waals surface area contributed by atoms with Crippen molar-refractivity contribution in [1.82, 2.24) is 15.2 Å². The second kappa shape index (κ2) is 6.12. The average Bonchev–Trinajstić information content (AvgIpc) is 2.90. The number of halogens is 1. The lowest BCUT2D eigenvalue weighted by Gasteiger charge is -2.04. The normalized spacial score (nSPS) is 10.4. The Balaban J connectivity index is 2.13. The van der Waals surface area contributed by atoms with Gasteiger partial charge in [0, 0.05) is 6.42 Å². The molecule has 1 aromatic heterocycles. The first-order chi connectivity index (χ1) is 10.0. The van der Waals surface area contributed by atoms with Gasteiger partial charge in [0.1, 0.15) is 11.6 Å². The molecule has 0 aliphatic rings. The zero-order valence-corrected chi connectivity index (χ0v) is 11.2. The van der Waals surface area contributed by atoms with E-state index < -0.39 is 17.7 Å². The van der Waals surface area contributed by atoms with Gasteiger partial charge in [-0.3, -0.25) is 9.89 Å². The third-order valence-electron chi connectivity index (χ3n) is 2.69. The molecule has 3 N–H and O–H groups in total. The van der Waals surface area contributed by atoms with Crippen LogP contribution in [0.5, 0.6) is 0 Å². The molecule has 0 radical (unpaired) electrons. The first kappa shape index (κ1) is 14.6. The zero-order valence-electron chi connectivity index (χ0n) is 11.2. The largest absolute Gasteiger partial charge is 0.478 e. The van der Waals surface area contributed by atoms with E-state index >= 15 is 0 Å². The van der Waals surface area contributed by atoms with Crippen molar-refractivity contribution >= 4 is 17.6 Å². The molecule has 0 saturated heterocycles. The summed E-state index contributed by atoms with van der Waals surface area (Å²) in [7, 11) is 0. The van der Waals surface area contributed by atoms with Crippen LogP contribution >= 0.6 is 0 Å². The van der Waals surface area contributed by atoms with Crippen LogP contribution in [0.25, 0.3) is 0 Å². The summed E-state index contributed by atoms with van der Waals surface area (Å²) in [6.45, 7) is 1.96. The third-order valence-corrected chi connectivity index (χ3v) is 2.69. The van der Waals surface area contributed by atoms with Gasteiger partial charge in [0.05, 0.1) is 11.3 Å². The number of aryl methyl sites for hydroxylation is 1. The Labute approximate surface area is 119 Å². The maximum atomic E-state index is 13.7. The minimum atomic E-state index is -1.25. The van der Waals surface area contributed by atoms with Gasteiger partial charge in [-0.15, -0.1) is 5.10 Å². The number of amides is 1. The quantitative estimate of drug-likeness (QED) is 0.779. The number of nitrogens with one attached hydrogen (secondary N) is 2. The van der Waals surface area contributed by atoms with Crippen LogP contribution in [0.15, 0.2) is 18.2 Å². The van der Waals surface area contributed by atoms with Crippen molar-refractivity contribution in [1.29, 1.82) is 0 Å². The Morgan fingerprint density at radius 2 is 2.19 bits per heavy atom. The number of aromatic amines is 1. The van der Waals surface area contributed by atoms with Gasteiger partial charge in [-0.25, -0.2) is 14.2 Å². The number of hydrogen-bond donors (Lipinski definition) is 3. The molecular formula is C13H13FN4O3. The van der Waals surface area contributed by atoms with Crippen LogP contribution in [0, 0.1) is 5.82 Å². The molecule has 1 aromatic carbocycles. The van der Waals surface area contributed by atoms with Crippen LogP contribution < -0.4 is 5.32 Å². The van der Waals surface area contributed by atoms with Crippen molar-refractivity contribution in [2.75, 3.05) is 5.32 Å². The van der Waals surface area contributed by atoms with E-state index in [0.717, 1.165) is 12.5 Å². The third kappa shape index (κ3) is 3.41. The van der Waals surface area contributed by atoms with Crippen LogP contribution in [0.2, 0.25) is 0 Å². The second-order valence-electron chi connectivity index (χ2n) is 4.31. The first-order valence-corrected chi connectivity index (χ1v) is 6.26. The smallest absolute Gasteiger partial charge is 0.335 e. The van der Waals surface area contributed by atoms with Crippen LogP contribution in [-0.4, -0.2) is 32.2 Å². The minimum absolute atomic E-state index is 0.0971. The number of carbonyl (C=O) groups is 2. The predicted octanol–water partition coefficient (Wildman–Crippen LogP) is 1.85. The molecule has 0 aliphatic heterocycles. The molecule has 0 atom stereocenters. The zero-order chi connectivity index (χ0) is 15.4. The lowest BCUT2D eigenvalue weighted by atomic mass is 10.2. The average molecular weight is 292 g/mol. The van der Waals surface area contributed by atoms with E-state index in [-0.39, 0.29) is 17.1 Å². The Morgan fingerprint density at radius 3 is 2.81 bits per heavy atom. The van der Waals surface area contributed by atoms with Gasteiger partial charge in [0.25, 0.3) is 5.91 Å². The number of carbonyl (C=O) groups excluding carboxylic acids is 1. The number of benzene rings is 1. The Kier molecular flexibility index (Phi) is 4.27. The molecule has 21 heavy (non-hydrogen) atoms. The fraction of sp³-hybridized carbons (Fsp3) is 0.231. The summed E-state index contributed by atoms with van der Waals surface area (Å²) >= 11 is 0. The van der Waals surface area contributed by atoms with Gasteiger partial charge < -0.3 is 10.4 Å². The van der Waals surface area contributed by atoms with Crippen LogP contribution in [-0.2, 0) is 6.42 Å². The van der Waals surface area contributed by atoms with Gasteiger partial charge in [-0.1, -0.05) is 6.92 Å². The monoisotopic (exact) mass is 292 g/mol. The fourth-order valence-corrected chi connectivity index (χ4v) is 1.67. The SMILES string of the molecule is CCCc1nc(C(=O)Nc2ccc(C(=O)O)cc2F)n[nH]1. The molecule has 0 saturated carbocycles. The number of aromatic nitrogens is 3. The van der Waals surface area contributed by atoms with Gasteiger partial charge in [-0.2, -0.15) is 0 Å². The number of nitrogens with zero attached hydrogens (tertiary/aromatic N) is 2. The molecule has 0 bridgehead atoms. The van der Waals surface area contributed by atoms with Gasteiger partial charge >= 0.3 is 5.97 Å². The number of rotatable bonds is 5. The number of carboxylic acids is 1. The van der Waals surface area contributed by atoms with Crippen molar-refractivity contribution < 1.29 is 19.1 Å². The number of hydrogen-bond acceptors (Lipinski definition) is 4. The van der Waals surface area contributed by atoms with Crippen LogP contribution in [0.3, 0.4) is 0 Å². The summed E-state index contributed by atoms with van der Waals surface area (Å²) in [6.07, 6.45) is 1.50. The predicted molar refractivity (Wildman–Crippen MR) is 71.7 cm³/mol. The van der Waals surface area contributed by atoms with Crippen LogP contribution in [0.4, 0.5) is 10.1 Å². The highest BCUT2D eigenvalue weighted by Gasteiger charge is 2.15. The summed E-state index contributed by atoms with van der Waals surface area (Å²) in [4.78, 5) is 26.5. The summed E-state index contributed by atoms with van der Waals surface area (Å²) in [5, 5.41) is 17.4. The van der Waals surface area contributed by atoms with E-state index in [1.54, 1.807) is 0 Å². The Bertz CT molecular complexity index is 684. The standard InChI is InChI=1S/C13H13FN4O3/c1-2-3-10-16-11(18-17-10)12(19)15-9-5-4-7(13(20)21)6-8(9)14/h4-6H,2-3H2,1H3,(H,15,19)(H,20,21)(H,16,17,18). The van der Waals surface area contributed by atoms with Crippen molar-refractivity contribution in [2.24, 2.45) is 0 Å². The molecule has 0 aliphatic carbocycles. The number of aromatic carboxylic acids is 1. The number of anilines is 1. The minimum Gasteiger partial charge on any atom is -0.478 e. The topological polar surface area (TPSA) is 108 Å². The summed E-state index contributed by atoms with van der Waals surface area (Å²) in [5.41, 5.74) is -0.333. The van der Waals surface area contributed by atoms with E-state index in [2.05, 4.69) is 20.5 Å². The molecule has 7 nitrogen and oxygen atoms in total. The maximum Gasteiger partial charge on any atom is 0.335 e. The summed E-state index contributed by atoms with van der Waals surface area (Å²) in [6, 6.07) is 3.20. The molecule has 2 rings (SSSR count).